The first kappa shape index (κ1) is 12.8. The van der Waals surface area contributed by atoms with E-state index in [1.165, 1.54) is 6.08 Å². The van der Waals surface area contributed by atoms with Gasteiger partial charge in [-0.15, -0.1) is 0 Å². The third-order valence-electron chi connectivity index (χ3n) is 0.742. The first-order valence-electron chi connectivity index (χ1n) is 3.45. The summed E-state index contributed by atoms with van der Waals surface area (Å²) in [5.74, 6) is 0. The van der Waals surface area contributed by atoms with Gasteiger partial charge in [-0.2, -0.15) is 0 Å². The van der Waals surface area contributed by atoms with Crippen molar-refractivity contribution in [2.75, 3.05) is 13.2 Å². The number of aliphatic hydroxyl groups is 3. The van der Waals surface area contributed by atoms with Gasteiger partial charge >= 0.3 is 0 Å². The molecule has 0 rings (SSSR count). The van der Waals surface area contributed by atoms with E-state index in [1.807, 2.05) is 6.92 Å². The van der Waals surface area contributed by atoms with E-state index in [1.54, 1.807) is 12.2 Å². The number of hydrogen-bond donors (Lipinski definition) is 3. The van der Waals surface area contributed by atoms with Gasteiger partial charge in [0.1, 0.15) is 0 Å². The molecule has 0 aliphatic carbocycles. The van der Waals surface area contributed by atoms with Gasteiger partial charge in [-0.3, -0.25) is 0 Å². The molecule has 3 N–H and O–H groups in total. The van der Waals surface area contributed by atoms with Crippen LogP contribution >= 0.6 is 0 Å². The van der Waals surface area contributed by atoms with E-state index in [4.69, 9.17) is 15.3 Å². The van der Waals surface area contributed by atoms with Crippen molar-refractivity contribution in [3.63, 3.8) is 0 Å². The molecule has 11 heavy (non-hydrogen) atoms. The fourth-order valence-electron chi connectivity index (χ4n) is 0.254. The summed E-state index contributed by atoms with van der Waals surface area (Å²) in [6, 6.07) is 0. The molecule has 0 amide bonds. The predicted molar refractivity (Wildman–Crippen MR) is 45.4 cm³/mol. The van der Waals surface area contributed by atoms with Crippen LogP contribution in [0.15, 0.2) is 24.5 Å². The lowest BCUT2D eigenvalue weighted by molar-refractivity contribution is 0.301. The summed E-state index contributed by atoms with van der Waals surface area (Å²) in [4.78, 5) is 0. The highest BCUT2D eigenvalue weighted by Gasteiger charge is 1.67. The number of aliphatic hydroxyl groups excluding tert-OH is 3. The van der Waals surface area contributed by atoms with Crippen LogP contribution in [0.5, 0.6) is 0 Å². The second kappa shape index (κ2) is 16.1. The Bertz CT molecular complexity index is 97.5. The third kappa shape index (κ3) is 27.0. The van der Waals surface area contributed by atoms with E-state index in [-0.39, 0.29) is 13.2 Å². The van der Waals surface area contributed by atoms with Crippen LogP contribution in [0.2, 0.25) is 0 Å². The molecule has 0 spiro atoms. The lowest BCUT2D eigenvalue weighted by Gasteiger charge is -1.76. The van der Waals surface area contributed by atoms with Crippen LogP contribution in [0.4, 0.5) is 0 Å². The molecular formula is C8H16O3. The SMILES string of the molecule is CC=CCO.OC=CCCO. The van der Waals surface area contributed by atoms with Crippen LogP contribution in [0.25, 0.3) is 0 Å². The van der Waals surface area contributed by atoms with Crippen LogP contribution in [-0.4, -0.2) is 28.5 Å². The third-order valence-corrected chi connectivity index (χ3v) is 0.742. The molecule has 0 radical (unpaired) electrons. The molecular weight excluding hydrogens is 144 g/mol. The molecule has 3 nitrogen and oxygen atoms in total. The summed E-state index contributed by atoms with van der Waals surface area (Å²) >= 11 is 0. The zero-order valence-corrected chi connectivity index (χ0v) is 6.77. The zero-order chi connectivity index (χ0) is 8.95. The smallest absolute Gasteiger partial charge is 0.0752 e. The van der Waals surface area contributed by atoms with Gasteiger partial charge < -0.3 is 15.3 Å². The Balaban J connectivity index is 0. The van der Waals surface area contributed by atoms with E-state index in [2.05, 4.69) is 0 Å². The Morgan fingerprint density at radius 1 is 1.18 bits per heavy atom. The molecule has 3 heteroatoms. The van der Waals surface area contributed by atoms with Gasteiger partial charge in [0.25, 0.3) is 0 Å². The van der Waals surface area contributed by atoms with Crippen LogP contribution in [-0.2, 0) is 0 Å². The average molecular weight is 160 g/mol. The summed E-state index contributed by atoms with van der Waals surface area (Å²) in [6.07, 6.45) is 6.44. The first-order chi connectivity index (χ1) is 5.33. The van der Waals surface area contributed by atoms with Crippen LogP contribution in [0.1, 0.15) is 13.3 Å². The normalized spacial score (nSPS) is 10.1. The number of allylic oxidation sites excluding steroid dienone is 1. The molecule has 0 aromatic carbocycles. The molecule has 0 saturated carbocycles. The van der Waals surface area contributed by atoms with Crippen LogP contribution < -0.4 is 0 Å². The van der Waals surface area contributed by atoms with Gasteiger partial charge in [0.05, 0.1) is 12.9 Å². The van der Waals surface area contributed by atoms with E-state index in [9.17, 15) is 0 Å². The quantitative estimate of drug-likeness (QED) is 0.426. The summed E-state index contributed by atoms with van der Waals surface area (Å²) < 4.78 is 0. The zero-order valence-electron chi connectivity index (χ0n) is 6.77. The van der Waals surface area contributed by atoms with Crippen molar-refractivity contribution in [3.05, 3.63) is 24.5 Å². The molecule has 0 aromatic heterocycles. The van der Waals surface area contributed by atoms with Gasteiger partial charge in [-0.1, -0.05) is 12.2 Å². The maximum absolute atomic E-state index is 8.04. The minimum atomic E-state index is 0.108. The van der Waals surface area contributed by atoms with Crippen LogP contribution in [0, 0.1) is 0 Å². The maximum atomic E-state index is 8.04. The number of hydrogen-bond acceptors (Lipinski definition) is 3. The highest BCUT2D eigenvalue weighted by molar-refractivity contribution is 4.74. The molecule has 0 aliphatic rings. The van der Waals surface area contributed by atoms with Crippen molar-refractivity contribution in [1.82, 2.24) is 0 Å². The lowest BCUT2D eigenvalue weighted by atomic mass is 10.5. The fourth-order valence-corrected chi connectivity index (χ4v) is 0.254. The molecule has 0 saturated heterocycles. The van der Waals surface area contributed by atoms with Gasteiger partial charge in [0.15, 0.2) is 0 Å². The maximum Gasteiger partial charge on any atom is 0.0752 e. The van der Waals surface area contributed by atoms with E-state index in [0.717, 1.165) is 6.26 Å². The van der Waals surface area contributed by atoms with Crippen molar-refractivity contribution in [2.24, 2.45) is 0 Å². The van der Waals surface area contributed by atoms with Gasteiger partial charge in [-0.05, 0) is 19.4 Å². The van der Waals surface area contributed by atoms with Crippen molar-refractivity contribution in [2.45, 2.75) is 13.3 Å². The van der Waals surface area contributed by atoms with Gasteiger partial charge in [0.2, 0.25) is 0 Å². The monoisotopic (exact) mass is 160 g/mol. The summed E-state index contributed by atoms with van der Waals surface area (Å²) in [7, 11) is 0. The van der Waals surface area contributed by atoms with Gasteiger partial charge in [-0.25, -0.2) is 0 Å². The second-order valence-electron chi connectivity index (χ2n) is 1.65. The first-order valence-corrected chi connectivity index (χ1v) is 3.45. The Kier molecular flexibility index (Phi) is 18.8. The Labute approximate surface area is 67.3 Å². The van der Waals surface area contributed by atoms with Crippen LogP contribution in [0.3, 0.4) is 0 Å². The van der Waals surface area contributed by atoms with Crippen molar-refractivity contribution < 1.29 is 15.3 Å². The highest BCUT2D eigenvalue weighted by Crippen LogP contribution is 1.74. The van der Waals surface area contributed by atoms with E-state index in [0.29, 0.717) is 6.42 Å². The Hall–Kier alpha value is -0.800. The average Bonchev–Trinajstić information content (AvgIpc) is 2.04. The molecule has 0 atom stereocenters. The standard InChI is InChI=1S/C4H8O2.C4H8O/c5-3-1-2-4-6;1-2-3-4-5/h1,3,5-6H,2,4H2;2-3,5H,4H2,1H3. The summed E-state index contributed by atoms with van der Waals surface area (Å²) in [5.41, 5.74) is 0. The minimum Gasteiger partial charge on any atom is -0.516 e. The Morgan fingerprint density at radius 3 is 1.91 bits per heavy atom. The Morgan fingerprint density at radius 2 is 1.82 bits per heavy atom. The molecule has 0 bridgehead atoms. The van der Waals surface area contributed by atoms with Crippen molar-refractivity contribution in [1.29, 1.82) is 0 Å². The van der Waals surface area contributed by atoms with Gasteiger partial charge in [0, 0.05) is 6.61 Å². The minimum absolute atomic E-state index is 0.108. The fraction of sp³-hybridized carbons (Fsp3) is 0.500. The predicted octanol–water partition coefficient (Wildman–Crippen LogP) is 0.995. The molecule has 0 heterocycles. The second-order valence-corrected chi connectivity index (χ2v) is 1.65. The molecule has 0 aromatic rings. The summed E-state index contributed by atoms with van der Waals surface area (Å²) in [5, 5.41) is 23.9. The van der Waals surface area contributed by atoms with E-state index >= 15 is 0 Å². The van der Waals surface area contributed by atoms with Crippen molar-refractivity contribution >= 4 is 0 Å². The molecule has 66 valence electrons. The topological polar surface area (TPSA) is 60.7 Å². The summed E-state index contributed by atoms with van der Waals surface area (Å²) in [6.45, 7) is 2.14. The largest absolute Gasteiger partial charge is 0.516 e. The lowest BCUT2D eigenvalue weighted by Crippen LogP contribution is -1.73. The highest BCUT2D eigenvalue weighted by atomic mass is 16.3. The number of rotatable bonds is 3. The molecule has 0 unspecified atom stereocenters. The van der Waals surface area contributed by atoms with E-state index < -0.39 is 0 Å². The molecule has 0 fully saturated rings. The van der Waals surface area contributed by atoms with Crippen molar-refractivity contribution in [3.8, 4) is 0 Å². The molecule has 0 aliphatic heterocycles.